The molecule has 2 aliphatic heterocycles. The number of aromatic amines is 1. The topological polar surface area (TPSA) is 91.3 Å². The molecule has 0 bridgehead atoms. The number of piperidine rings is 1. The molecule has 0 saturated carbocycles. The predicted octanol–water partition coefficient (Wildman–Crippen LogP) is 4.76. The number of aromatic nitrogens is 4. The lowest BCUT2D eigenvalue weighted by Crippen LogP contribution is -2.45. The highest BCUT2D eigenvalue weighted by Crippen LogP contribution is 2.41. The normalized spacial score (nSPS) is 18.0. The van der Waals surface area contributed by atoms with Gasteiger partial charge in [0.15, 0.2) is 0 Å². The lowest BCUT2D eigenvalue weighted by atomic mass is 9.77. The molecular weight excluding hydrogens is 538 g/mol. The number of methoxy groups -OCH3 is 1. The van der Waals surface area contributed by atoms with Gasteiger partial charge in [-0.05, 0) is 81.2 Å². The number of aryl methyl sites for hydroxylation is 1. The zero-order valence-electron chi connectivity index (χ0n) is 26.4. The fourth-order valence-corrected chi connectivity index (χ4v) is 7.16. The predicted molar refractivity (Wildman–Crippen MR) is 170 cm³/mol. The SMILES string of the molecule is CCC(CC)N1CCC2(CCN(CCCn3ccnc3CC(NCc3ccc(CC(=O)OC)cc3)c3ncc[nH]3)C2)CC1. The number of imidazole rings is 2. The third-order valence-corrected chi connectivity index (χ3v) is 9.90. The number of nitrogens with one attached hydrogen (secondary N) is 2. The second kappa shape index (κ2) is 15.1. The van der Waals surface area contributed by atoms with Crippen molar-refractivity contribution < 1.29 is 9.53 Å². The van der Waals surface area contributed by atoms with E-state index in [1.54, 1.807) is 6.20 Å². The van der Waals surface area contributed by atoms with Gasteiger partial charge in [-0.1, -0.05) is 38.1 Å². The van der Waals surface area contributed by atoms with Crippen LogP contribution >= 0.6 is 0 Å². The average Bonchev–Trinajstić information content (AvgIpc) is 3.80. The van der Waals surface area contributed by atoms with Crippen LogP contribution in [-0.2, 0) is 35.5 Å². The van der Waals surface area contributed by atoms with Crippen LogP contribution in [0, 0.1) is 5.41 Å². The molecule has 1 unspecified atom stereocenters. The monoisotopic (exact) mass is 589 g/mol. The Hall–Kier alpha value is -3.01. The molecule has 1 atom stereocenters. The number of carbonyl (C=O) groups is 1. The van der Waals surface area contributed by atoms with Crippen LogP contribution in [0.3, 0.4) is 0 Å². The molecule has 5 rings (SSSR count). The zero-order valence-corrected chi connectivity index (χ0v) is 26.4. The van der Waals surface area contributed by atoms with Crippen LogP contribution < -0.4 is 5.32 Å². The Balaban J connectivity index is 1.10. The number of esters is 1. The molecule has 0 radical (unpaired) electrons. The molecule has 43 heavy (non-hydrogen) atoms. The van der Waals surface area contributed by atoms with Gasteiger partial charge < -0.3 is 29.4 Å². The molecule has 4 heterocycles. The van der Waals surface area contributed by atoms with Gasteiger partial charge in [-0.25, -0.2) is 9.97 Å². The van der Waals surface area contributed by atoms with Crippen LogP contribution in [0.1, 0.15) is 81.2 Å². The number of H-pyrrole nitrogens is 1. The number of rotatable bonds is 15. The molecule has 3 aromatic rings. The van der Waals surface area contributed by atoms with E-state index < -0.39 is 0 Å². The third kappa shape index (κ3) is 8.34. The van der Waals surface area contributed by atoms with Crippen LogP contribution in [0.5, 0.6) is 0 Å². The van der Waals surface area contributed by atoms with Crippen molar-refractivity contribution in [1.82, 2.24) is 34.6 Å². The van der Waals surface area contributed by atoms with Gasteiger partial charge in [-0.2, -0.15) is 0 Å². The van der Waals surface area contributed by atoms with Crippen molar-refractivity contribution in [1.29, 1.82) is 0 Å². The summed E-state index contributed by atoms with van der Waals surface area (Å²) in [6, 6.07) is 8.88. The minimum atomic E-state index is -0.225. The van der Waals surface area contributed by atoms with Crippen molar-refractivity contribution >= 4 is 5.97 Å². The van der Waals surface area contributed by atoms with Crippen LogP contribution in [-0.4, -0.2) is 81.2 Å². The minimum Gasteiger partial charge on any atom is -0.469 e. The molecule has 0 amide bonds. The van der Waals surface area contributed by atoms with E-state index in [1.165, 1.54) is 65.4 Å². The van der Waals surface area contributed by atoms with Crippen LogP contribution in [0.4, 0.5) is 0 Å². The zero-order chi connectivity index (χ0) is 30.1. The Morgan fingerprint density at radius 1 is 1.02 bits per heavy atom. The van der Waals surface area contributed by atoms with Crippen LogP contribution in [0.15, 0.2) is 49.1 Å². The average molecular weight is 590 g/mol. The molecular formula is C34H51N7O2. The quantitative estimate of drug-likeness (QED) is 0.247. The molecule has 2 aliphatic rings. The summed E-state index contributed by atoms with van der Waals surface area (Å²) in [6.45, 7) is 12.6. The molecule has 1 aromatic carbocycles. The molecule has 1 spiro atoms. The maximum Gasteiger partial charge on any atom is 0.309 e. The highest BCUT2D eigenvalue weighted by molar-refractivity contribution is 5.72. The summed E-state index contributed by atoms with van der Waals surface area (Å²) in [6.07, 6.45) is 16.5. The van der Waals surface area contributed by atoms with Gasteiger partial charge in [0.1, 0.15) is 11.6 Å². The van der Waals surface area contributed by atoms with E-state index in [4.69, 9.17) is 9.72 Å². The van der Waals surface area contributed by atoms with Crippen molar-refractivity contribution in [3.05, 3.63) is 71.8 Å². The van der Waals surface area contributed by atoms with Crippen molar-refractivity contribution in [3.63, 3.8) is 0 Å². The second-order valence-corrected chi connectivity index (χ2v) is 12.6. The van der Waals surface area contributed by atoms with Crippen LogP contribution in [0.2, 0.25) is 0 Å². The van der Waals surface area contributed by atoms with Crippen molar-refractivity contribution in [2.24, 2.45) is 5.41 Å². The molecule has 234 valence electrons. The smallest absolute Gasteiger partial charge is 0.309 e. The van der Waals surface area contributed by atoms with E-state index >= 15 is 0 Å². The molecule has 2 aromatic heterocycles. The Morgan fingerprint density at radius 2 is 1.77 bits per heavy atom. The fourth-order valence-electron chi connectivity index (χ4n) is 7.16. The number of hydrogen-bond donors (Lipinski definition) is 2. The first kappa shape index (κ1) is 31.4. The fraction of sp³-hybridized carbons (Fsp3) is 0.618. The van der Waals surface area contributed by atoms with Crippen molar-refractivity contribution in [3.8, 4) is 0 Å². The number of nitrogens with zero attached hydrogens (tertiary/aromatic N) is 5. The van der Waals surface area contributed by atoms with Gasteiger partial charge in [-0.3, -0.25) is 4.79 Å². The summed E-state index contributed by atoms with van der Waals surface area (Å²) in [4.78, 5) is 29.6. The third-order valence-electron chi connectivity index (χ3n) is 9.90. The van der Waals surface area contributed by atoms with Gasteiger partial charge in [0, 0.05) is 56.9 Å². The van der Waals surface area contributed by atoms with Crippen molar-refractivity contribution in [2.75, 3.05) is 39.8 Å². The molecule has 2 saturated heterocycles. The molecule has 9 heteroatoms. The molecule has 2 N–H and O–H groups in total. The van der Waals surface area contributed by atoms with E-state index in [-0.39, 0.29) is 18.4 Å². The summed E-state index contributed by atoms with van der Waals surface area (Å²) in [5, 5.41) is 3.68. The summed E-state index contributed by atoms with van der Waals surface area (Å²) < 4.78 is 7.10. The van der Waals surface area contributed by atoms with E-state index in [9.17, 15) is 4.79 Å². The highest BCUT2D eigenvalue weighted by atomic mass is 16.5. The Kier molecular flexibility index (Phi) is 11.1. The van der Waals surface area contributed by atoms with E-state index in [0.29, 0.717) is 12.0 Å². The van der Waals surface area contributed by atoms with Gasteiger partial charge >= 0.3 is 5.97 Å². The summed E-state index contributed by atoms with van der Waals surface area (Å²) in [7, 11) is 1.42. The van der Waals surface area contributed by atoms with Crippen LogP contribution in [0.25, 0.3) is 0 Å². The van der Waals surface area contributed by atoms with Gasteiger partial charge in [0.25, 0.3) is 0 Å². The standard InChI is InChI=1S/C34H51N7O2/c1-4-29(5-2)40-20-12-34(13-21-40)11-19-39(26-34)17-6-18-41-22-16-35-31(41)24-30(33-36-14-15-37-33)38-25-28-9-7-27(8-10-28)23-32(42)43-3/h7-10,14-16,22,29-30,38H,4-6,11-13,17-21,23-26H2,1-3H3,(H,36,37). The highest BCUT2D eigenvalue weighted by Gasteiger charge is 2.40. The molecule has 2 fully saturated rings. The number of likely N-dealkylation sites (tertiary alicyclic amines) is 2. The number of carbonyl (C=O) groups excluding carboxylic acids is 1. The maximum absolute atomic E-state index is 11.6. The minimum absolute atomic E-state index is 0.00946. The number of benzene rings is 1. The number of hydrogen-bond acceptors (Lipinski definition) is 7. The first-order chi connectivity index (χ1) is 21.0. The summed E-state index contributed by atoms with van der Waals surface area (Å²) in [5.41, 5.74) is 2.65. The Morgan fingerprint density at radius 3 is 2.47 bits per heavy atom. The first-order valence-corrected chi connectivity index (χ1v) is 16.3. The Labute approximate surface area is 257 Å². The van der Waals surface area contributed by atoms with E-state index in [1.807, 2.05) is 24.5 Å². The first-order valence-electron chi connectivity index (χ1n) is 16.3. The lowest BCUT2D eigenvalue weighted by Gasteiger charge is -2.42. The summed E-state index contributed by atoms with van der Waals surface area (Å²) >= 11 is 0. The largest absolute Gasteiger partial charge is 0.469 e. The lowest BCUT2D eigenvalue weighted by molar-refractivity contribution is -0.139. The molecule has 0 aliphatic carbocycles. The molecule has 9 nitrogen and oxygen atoms in total. The van der Waals surface area contributed by atoms with Gasteiger partial charge in [0.05, 0.1) is 19.6 Å². The van der Waals surface area contributed by atoms with Crippen molar-refractivity contribution in [2.45, 2.75) is 90.4 Å². The number of ether oxygens (including phenoxy) is 1. The van der Waals surface area contributed by atoms with E-state index in [0.717, 1.165) is 54.7 Å². The second-order valence-electron chi connectivity index (χ2n) is 12.6. The van der Waals surface area contributed by atoms with E-state index in [2.05, 4.69) is 61.8 Å². The van der Waals surface area contributed by atoms with Gasteiger partial charge in [-0.15, -0.1) is 0 Å². The maximum atomic E-state index is 11.6. The Bertz CT molecular complexity index is 1240. The summed E-state index contributed by atoms with van der Waals surface area (Å²) in [5.74, 6) is 1.76. The van der Waals surface area contributed by atoms with Gasteiger partial charge in [0.2, 0.25) is 0 Å².